The quantitative estimate of drug-likeness (QED) is 0.388. The number of benzene rings is 2. The lowest BCUT2D eigenvalue weighted by molar-refractivity contribution is 0.397. The lowest BCUT2D eigenvalue weighted by Gasteiger charge is -2.26. The van der Waals surface area contributed by atoms with E-state index in [0.29, 0.717) is 36.1 Å². The van der Waals surface area contributed by atoms with Gasteiger partial charge in [0.1, 0.15) is 5.75 Å². The van der Waals surface area contributed by atoms with E-state index in [4.69, 9.17) is 17.0 Å². The normalized spacial score (nSPS) is 10.7. The molecule has 2 heterocycles. The van der Waals surface area contributed by atoms with Gasteiger partial charge in [0.2, 0.25) is 0 Å². The van der Waals surface area contributed by atoms with Gasteiger partial charge in [0, 0.05) is 37.1 Å². The van der Waals surface area contributed by atoms with Crippen LogP contribution in [0.3, 0.4) is 0 Å². The molecule has 0 saturated carbocycles. The second kappa shape index (κ2) is 10.7. The Balaban J connectivity index is 1.53. The predicted octanol–water partition coefficient (Wildman–Crippen LogP) is 4.05. The SMILES string of the molecule is COc1ccc2cc(CN(Cc3cccnc3)C(=S)NCCc3ccccc3)c(=O)[nH]c2c1. The van der Waals surface area contributed by atoms with Gasteiger partial charge in [-0.2, -0.15) is 0 Å². The summed E-state index contributed by atoms with van der Waals surface area (Å²) >= 11 is 5.73. The number of methoxy groups -OCH3 is 1. The summed E-state index contributed by atoms with van der Waals surface area (Å²) in [6.07, 6.45) is 4.42. The van der Waals surface area contributed by atoms with Crippen molar-refractivity contribution in [2.45, 2.75) is 19.5 Å². The maximum Gasteiger partial charge on any atom is 0.253 e. The Morgan fingerprint density at radius 1 is 1.06 bits per heavy atom. The van der Waals surface area contributed by atoms with Gasteiger partial charge in [0.15, 0.2) is 5.11 Å². The Morgan fingerprint density at radius 2 is 1.88 bits per heavy atom. The third kappa shape index (κ3) is 5.96. The van der Waals surface area contributed by atoms with Gasteiger partial charge in [-0.15, -0.1) is 0 Å². The highest BCUT2D eigenvalue weighted by Crippen LogP contribution is 2.19. The van der Waals surface area contributed by atoms with Gasteiger partial charge in [0.05, 0.1) is 19.2 Å². The fraction of sp³-hybridized carbons (Fsp3) is 0.192. The van der Waals surface area contributed by atoms with E-state index < -0.39 is 0 Å². The first kappa shape index (κ1) is 22.5. The van der Waals surface area contributed by atoms with Crippen LogP contribution in [0.1, 0.15) is 16.7 Å². The van der Waals surface area contributed by atoms with Crippen molar-refractivity contribution in [2.75, 3.05) is 13.7 Å². The van der Waals surface area contributed by atoms with Gasteiger partial charge >= 0.3 is 0 Å². The van der Waals surface area contributed by atoms with Crippen molar-refractivity contribution < 1.29 is 4.74 Å². The lowest BCUT2D eigenvalue weighted by Crippen LogP contribution is -2.40. The summed E-state index contributed by atoms with van der Waals surface area (Å²) in [5.41, 5.74) is 3.51. The number of pyridine rings is 2. The summed E-state index contributed by atoms with van der Waals surface area (Å²) in [5.74, 6) is 0.702. The zero-order valence-corrected chi connectivity index (χ0v) is 19.3. The summed E-state index contributed by atoms with van der Waals surface area (Å²) in [5, 5.41) is 4.89. The number of hydrogen-bond acceptors (Lipinski definition) is 4. The zero-order chi connectivity index (χ0) is 23.0. The Labute approximate surface area is 198 Å². The predicted molar refractivity (Wildman–Crippen MR) is 135 cm³/mol. The van der Waals surface area contributed by atoms with Crippen LogP contribution in [-0.4, -0.2) is 33.6 Å². The Bertz CT molecular complexity index is 1280. The van der Waals surface area contributed by atoms with Crippen LogP contribution in [-0.2, 0) is 19.5 Å². The van der Waals surface area contributed by atoms with Crippen molar-refractivity contribution in [1.82, 2.24) is 20.2 Å². The van der Waals surface area contributed by atoms with E-state index in [2.05, 4.69) is 27.4 Å². The van der Waals surface area contributed by atoms with Crippen LogP contribution in [0.25, 0.3) is 10.9 Å². The standard InChI is InChI=1S/C26H26N4O2S/c1-32-23-10-9-21-14-22(25(31)29-24(21)15-23)18-30(17-20-8-5-12-27-16-20)26(33)28-13-11-19-6-3-2-4-7-19/h2-10,12,14-16H,11,13,17-18H2,1H3,(H,28,33)(H,29,31). The summed E-state index contributed by atoms with van der Waals surface area (Å²) in [6, 6.07) is 21.7. The Morgan fingerprint density at radius 3 is 2.64 bits per heavy atom. The molecule has 168 valence electrons. The van der Waals surface area contributed by atoms with E-state index in [1.807, 2.05) is 65.7 Å². The van der Waals surface area contributed by atoms with Gasteiger partial charge in [0.25, 0.3) is 5.56 Å². The third-order valence-corrected chi connectivity index (χ3v) is 5.81. The lowest BCUT2D eigenvalue weighted by atomic mass is 10.1. The molecular formula is C26H26N4O2S. The minimum atomic E-state index is -0.140. The average Bonchev–Trinajstić information content (AvgIpc) is 2.85. The molecule has 2 aromatic heterocycles. The van der Waals surface area contributed by atoms with E-state index in [9.17, 15) is 4.79 Å². The van der Waals surface area contributed by atoms with Crippen molar-refractivity contribution >= 4 is 28.2 Å². The maximum atomic E-state index is 12.8. The fourth-order valence-corrected chi connectivity index (χ4v) is 3.89. The van der Waals surface area contributed by atoms with Crippen molar-refractivity contribution in [3.05, 3.63) is 106 Å². The molecule has 4 rings (SSSR count). The molecule has 0 fully saturated rings. The van der Waals surface area contributed by atoms with Crippen molar-refractivity contribution in [3.8, 4) is 5.75 Å². The topological polar surface area (TPSA) is 70.2 Å². The van der Waals surface area contributed by atoms with E-state index in [1.54, 1.807) is 13.3 Å². The smallest absolute Gasteiger partial charge is 0.253 e. The summed E-state index contributed by atoms with van der Waals surface area (Å²) in [6.45, 7) is 1.63. The number of hydrogen-bond donors (Lipinski definition) is 2. The molecule has 4 aromatic rings. The number of nitrogens with one attached hydrogen (secondary N) is 2. The van der Waals surface area contributed by atoms with E-state index >= 15 is 0 Å². The summed E-state index contributed by atoms with van der Waals surface area (Å²) in [7, 11) is 1.61. The Hall–Kier alpha value is -3.71. The number of ether oxygens (including phenoxy) is 1. The van der Waals surface area contributed by atoms with Gasteiger partial charge < -0.3 is 19.9 Å². The number of rotatable bonds is 8. The van der Waals surface area contributed by atoms with Crippen LogP contribution in [0.5, 0.6) is 5.75 Å². The summed E-state index contributed by atoms with van der Waals surface area (Å²) in [4.78, 5) is 22.0. The number of aromatic nitrogens is 2. The van der Waals surface area contributed by atoms with Crippen molar-refractivity contribution in [3.63, 3.8) is 0 Å². The first-order valence-electron chi connectivity index (χ1n) is 10.8. The summed E-state index contributed by atoms with van der Waals surface area (Å²) < 4.78 is 5.26. The van der Waals surface area contributed by atoms with Crippen LogP contribution in [0.15, 0.2) is 83.9 Å². The second-order valence-electron chi connectivity index (χ2n) is 7.76. The third-order valence-electron chi connectivity index (χ3n) is 5.41. The highest BCUT2D eigenvalue weighted by atomic mass is 32.1. The minimum Gasteiger partial charge on any atom is -0.497 e. The zero-order valence-electron chi connectivity index (χ0n) is 18.5. The molecule has 0 atom stereocenters. The number of thiocarbonyl (C=S) groups is 1. The molecule has 0 amide bonds. The number of nitrogens with zero attached hydrogens (tertiary/aromatic N) is 2. The molecule has 33 heavy (non-hydrogen) atoms. The van der Waals surface area contributed by atoms with Crippen LogP contribution in [0.2, 0.25) is 0 Å². The molecule has 0 saturated heterocycles. The van der Waals surface area contributed by atoms with Crippen molar-refractivity contribution in [1.29, 1.82) is 0 Å². The number of H-pyrrole nitrogens is 1. The van der Waals surface area contributed by atoms with E-state index in [1.165, 1.54) is 5.56 Å². The largest absolute Gasteiger partial charge is 0.497 e. The van der Waals surface area contributed by atoms with Crippen LogP contribution in [0, 0.1) is 0 Å². The molecule has 0 aliphatic heterocycles. The second-order valence-corrected chi connectivity index (χ2v) is 8.15. The number of aromatic amines is 1. The van der Waals surface area contributed by atoms with Gasteiger partial charge in [-0.05, 0) is 59.4 Å². The molecule has 0 aliphatic rings. The van der Waals surface area contributed by atoms with Gasteiger partial charge in [-0.3, -0.25) is 9.78 Å². The fourth-order valence-electron chi connectivity index (χ4n) is 3.66. The highest BCUT2D eigenvalue weighted by molar-refractivity contribution is 7.80. The van der Waals surface area contributed by atoms with Crippen LogP contribution >= 0.6 is 12.2 Å². The highest BCUT2D eigenvalue weighted by Gasteiger charge is 2.14. The molecular weight excluding hydrogens is 432 g/mol. The van der Waals surface area contributed by atoms with E-state index in [0.717, 1.165) is 22.9 Å². The number of fused-ring (bicyclic) bond motifs is 1. The van der Waals surface area contributed by atoms with Crippen LogP contribution in [0.4, 0.5) is 0 Å². The first-order chi connectivity index (χ1) is 16.1. The molecule has 2 aromatic carbocycles. The maximum absolute atomic E-state index is 12.8. The van der Waals surface area contributed by atoms with Crippen LogP contribution < -0.4 is 15.6 Å². The van der Waals surface area contributed by atoms with Gasteiger partial charge in [-0.25, -0.2) is 0 Å². The molecule has 0 unspecified atom stereocenters. The molecule has 0 aliphatic carbocycles. The molecule has 0 bridgehead atoms. The first-order valence-corrected chi connectivity index (χ1v) is 11.2. The molecule has 2 N–H and O–H groups in total. The van der Waals surface area contributed by atoms with Gasteiger partial charge in [-0.1, -0.05) is 36.4 Å². The molecule has 0 spiro atoms. The van der Waals surface area contributed by atoms with Crippen molar-refractivity contribution in [2.24, 2.45) is 0 Å². The average molecular weight is 459 g/mol. The molecule has 7 heteroatoms. The van der Waals surface area contributed by atoms with E-state index in [-0.39, 0.29) is 5.56 Å². The monoisotopic (exact) mass is 458 g/mol. The molecule has 0 radical (unpaired) electrons. The Kier molecular flexibility index (Phi) is 7.32. The molecule has 6 nitrogen and oxygen atoms in total. The minimum absolute atomic E-state index is 0.140.